The molecule has 0 saturated heterocycles. The second kappa shape index (κ2) is 6.39. The van der Waals surface area contributed by atoms with Crippen LogP contribution in [0.2, 0.25) is 0 Å². The first-order valence-electron chi connectivity index (χ1n) is 9.45. The van der Waals surface area contributed by atoms with E-state index in [1.54, 1.807) is 0 Å². The molecule has 2 aromatic rings. The third-order valence-electron chi connectivity index (χ3n) is 5.75. The molecule has 0 aliphatic carbocycles. The van der Waals surface area contributed by atoms with Crippen molar-refractivity contribution < 1.29 is 4.74 Å². The highest BCUT2D eigenvalue weighted by Gasteiger charge is 2.35. The molecule has 0 radical (unpaired) electrons. The molecule has 2 aromatic carbocycles. The molecule has 132 valence electrons. The predicted octanol–water partition coefficient (Wildman–Crippen LogP) is 5.93. The van der Waals surface area contributed by atoms with Gasteiger partial charge in [-0.2, -0.15) is 0 Å². The summed E-state index contributed by atoms with van der Waals surface area (Å²) in [5, 5.41) is 0.651. The molecule has 0 saturated carbocycles. The number of rotatable bonds is 4. The first-order valence-corrected chi connectivity index (χ1v) is 10.3. The van der Waals surface area contributed by atoms with Gasteiger partial charge in [0.05, 0.1) is 0 Å². The van der Waals surface area contributed by atoms with Crippen LogP contribution >= 0.6 is 11.8 Å². The van der Waals surface area contributed by atoms with Gasteiger partial charge < -0.3 is 4.74 Å². The third kappa shape index (κ3) is 3.33. The summed E-state index contributed by atoms with van der Waals surface area (Å²) in [5.41, 5.74) is 4.64. The minimum Gasteiger partial charge on any atom is -0.490 e. The second-order valence-corrected chi connectivity index (χ2v) is 9.87. The van der Waals surface area contributed by atoms with Crippen LogP contribution in [-0.4, -0.2) is 11.4 Å². The Balaban J connectivity index is 1.49. The number of fused-ring (bicyclic) bond motifs is 2. The Hall–Kier alpha value is -1.41. The van der Waals surface area contributed by atoms with E-state index < -0.39 is 0 Å². The molecular weight excluding hydrogens is 324 g/mol. The summed E-state index contributed by atoms with van der Waals surface area (Å²) in [6.45, 7) is 9.35. The molecule has 0 amide bonds. The van der Waals surface area contributed by atoms with Gasteiger partial charge >= 0.3 is 0 Å². The number of benzene rings is 2. The van der Waals surface area contributed by atoms with Crippen molar-refractivity contribution >= 4 is 11.8 Å². The van der Waals surface area contributed by atoms with Crippen LogP contribution in [0.3, 0.4) is 0 Å². The highest BCUT2D eigenvalue weighted by atomic mass is 32.2. The standard InChI is InChI=1S/C23H28OS/c1-15(2)20-12-18-11-16(9-10-19(18)24-20)14-23(3,4)22-13-17-7-5-6-8-21(17)25-22/h5-11,15,20,22H,12-14H2,1-4H3. The van der Waals surface area contributed by atoms with E-state index in [4.69, 9.17) is 4.74 Å². The lowest BCUT2D eigenvalue weighted by Crippen LogP contribution is -2.28. The molecule has 4 rings (SSSR count). The van der Waals surface area contributed by atoms with Crippen LogP contribution in [0, 0.1) is 11.3 Å². The van der Waals surface area contributed by atoms with E-state index in [1.807, 2.05) is 0 Å². The van der Waals surface area contributed by atoms with E-state index in [-0.39, 0.29) is 5.41 Å². The van der Waals surface area contributed by atoms with Crippen molar-refractivity contribution in [3.05, 3.63) is 59.2 Å². The molecule has 0 fully saturated rings. The molecule has 2 unspecified atom stereocenters. The topological polar surface area (TPSA) is 9.23 Å². The highest BCUT2D eigenvalue weighted by molar-refractivity contribution is 8.00. The minimum atomic E-state index is 0.273. The van der Waals surface area contributed by atoms with Crippen LogP contribution in [0.1, 0.15) is 44.4 Å². The fraction of sp³-hybridized carbons (Fsp3) is 0.478. The van der Waals surface area contributed by atoms with Crippen LogP contribution in [0.5, 0.6) is 5.75 Å². The Labute approximate surface area is 156 Å². The zero-order valence-corrected chi connectivity index (χ0v) is 16.5. The minimum absolute atomic E-state index is 0.273. The second-order valence-electron chi connectivity index (χ2n) is 8.63. The summed E-state index contributed by atoms with van der Waals surface area (Å²) in [4.78, 5) is 1.47. The number of hydrogen-bond donors (Lipinski definition) is 0. The van der Waals surface area contributed by atoms with Crippen LogP contribution < -0.4 is 4.74 Å². The number of ether oxygens (including phenoxy) is 1. The summed E-state index contributed by atoms with van der Waals surface area (Å²) in [5.74, 6) is 1.67. The molecular formula is C23H28OS. The zero-order valence-electron chi connectivity index (χ0n) is 15.7. The van der Waals surface area contributed by atoms with Gasteiger partial charge in [-0.3, -0.25) is 0 Å². The Kier molecular flexibility index (Phi) is 4.35. The van der Waals surface area contributed by atoms with Gasteiger partial charge in [0, 0.05) is 16.6 Å². The van der Waals surface area contributed by atoms with Gasteiger partial charge in [-0.15, -0.1) is 11.8 Å². The molecule has 0 aromatic heterocycles. The summed E-state index contributed by atoms with van der Waals surface area (Å²) < 4.78 is 6.09. The van der Waals surface area contributed by atoms with E-state index in [1.165, 1.54) is 28.0 Å². The number of thioether (sulfide) groups is 1. The van der Waals surface area contributed by atoms with Gasteiger partial charge in [-0.1, -0.05) is 58.0 Å². The van der Waals surface area contributed by atoms with Gasteiger partial charge in [0.25, 0.3) is 0 Å². The molecule has 0 bridgehead atoms. The first-order chi connectivity index (χ1) is 11.9. The molecule has 0 N–H and O–H groups in total. The zero-order chi connectivity index (χ0) is 17.6. The Morgan fingerprint density at radius 2 is 1.88 bits per heavy atom. The van der Waals surface area contributed by atoms with Gasteiger partial charge in [0.1, 0.15) is 11.9 Å². The lowest BCUT2D eigenvalue weighted by molar-refractivity contribution is 0.179. The fourth-order valence-corrected chi connectivity index (χ4v) is 5.50. The molecule has 2 atom stereocenters. The van der Waals surface area contributed by atoms with Gasteiger partial charge in [-0.25, -0.2) is 0 Å². The average Bonchev–Trinajstić information content (AvgIpc) is 3.18. The smallest absolute Gasteiger partial charge is 0.123 e. The normalized spacial score (nSPS) is 22.0. The largest absolute Gasteiger partial charge is 0.490 e. The van der Waals surface area contributed by atoms with Crippen LogP contribution in [0.25, 0.3) is 0 Å². The fourth-order valence-electron chi connectivity index (χ4n) is 4.07. The predicted molar refractivity (Wildman–Crippen MR) is 107 cm³/mol. The first kappa shape index (κ1) is 17.0. The van der Waals surface area contributed by atoms with E-state index >= 15 is 0 Å². The quantitative estimate of drug-likeness (QED) is 0.674. The molecule has 2 aliphatic rings. The van der Waals surface area contributed by atoms with Crippen molar-refractivity contribution in [2.75, 3.05) is 0 Å². The van der Waals surface area contributed by atoms with Crippen molar-refractivity contribution in [2.24, 2.45) is 11.3 Å². The maximum Gasteiger partial charge on any atom is 0.123 e. The van der Waals surface area contributed by atoms with Crippen molar-refractivity contribution in [3.8, 4) is 5.75 Å². The molecule has 1 nitrogen and oxygen atoms in total. The van der Waals surface area contributed by atoms with Gasteiger partial charge in [-0.05, 0) is 53.0 Å². The van der Waals surface area contributed by atoms with Gasteiger partial charge in [0.15, 0.2) is 0 Å². The maximum absolute atomic E-state index is 6.09. The van der Waals surface area contributed by atoms with E-state index in [2.05, 4.69) is 81.9 Å². The van der Waals surface area contributed by atoms with E-state index in [0.717, 1.165) is 18.6 Å². The van der Waals surface area contributed by atoms with Crippen LogP contribution in [0.4, 0.5) is 0 Å². The maximum atomic E-state index is 6.09. The Bertz CT molecular complexity index is 752. The monoisotopic (exact) mass is 352 g/mol. The summed E-state index contributed by atoms with van der Waals surface area (Å²) in [6, 6.07) is 15.8. The van der Waals surface area contributed by atoms with Crippen molar-refractivity contribution in [1.82, 2.24) is 0 Å². The SMILES string of the molecule is CC(C)C1Cc2cc(CC(C)(C)C3Cc4ccccc4S3)ccc2O1. The van der Waals surface area contributed by atoms with E-state index in [0.29, 0.717) is 17.3 Å². The third-order valence-corrected chi connectivity index (χ3v) is 7.49. The van der Waals surface area contributed by atoms with Crippen molar-refractivity contribution in [1.29, 1.82) is 0 Å². The summed E-state index contributed by atoms with van der Waals surface area (Å²) in [7, 11) is 0. The molecule has 25 heavy (non-hydrogen) atoms. The Morgan fingerprint density at radius 3 is 2.64 bits per heavy atom. The highest BCUT2D eigenvalue weighted by Crippen LogP contribution is 2.46. The van der Waals surface area contributed by atoms with Crippen LogP contribution in [0.15, 0.2) is 47.4 Å². The summed E-state index contributed by atoms with van der Waals surface area (Å²) in [6.07, 6.45) is 3.72. The number of hydrogen-bond acceptors (Lipinski definition) is 2. The lowest BCUT2D eigenvalue weighted by atomic mass is 9.80. The molecule has 2 heterocycles. The molecule has 2 heteroatoms. The van der Waals surface area contributed by atoms with Crippen LogP contribution in [-0.2, 0) is 19.3 Å². The molecule has 0 spiro atoms. The van der Waals surface area contributed by atoms with Crippen molar-refractivity contribution in [3.63, 3.8) is 0 Å². The lowest BCUT2D eigenvalue weighted by Gasteiger charge is -2.31. The average molecular weight is 353 g/mol. The summed E-state index contributed by atoms with van der Waals surface area (Å²) >= 11 is 2.07. The van der Waals surface area contributed by atoms with E-state index in [9.17, 15) is 0 Å². The molecule has 2 aliphatic heterocycles. The Morgan fingerprint density at radius 1 is 1.08 bits per heavy atom. The van der Waals surface area contributed by atoms with Crippen molar-refractivity contribution in [2.45, 2.75) is 63.2 Å². The van der Waals surface area contributed by atoms with Gasteiger partial charge in [0.2, 0.25) is 0 Å².